The minimum absolute atomic E-state index is 0. The number of carbonyl (C=O) groups is 1. The molecule has 66 valence electrons. The smallest absolute Gasteiger partial charge is 0.545 e. The molecule has 0 N–H and O–H groups in total. The van der Waals surface area contributed by atoms with Crippen LogP contribution in [-0.2, 0) is 0 Å². The van der Waals surface area contributed by atoms with E-state index in [9.17, 15) is 9.90 Å². The molecule has 2 aromatic rings. The number of halogens is 1. The third kappa shape index (κ3) is 1.85. The molecule has 0 saturated carbocycles. The second kappa shape index (κ2) is 4.18. The molecule has 2 aromatic heterocycles. The fraction of sp³-hybridized carbons (Fsp3) is 0. The fourth-order valence-electron chi connectivity index (χ4n) is 1.08. The number of rotatable bonds is 1. The Kier molecular flexibility index (Phi) is 3.37. The molecular formula is C8H3BrLiNO3. The van der Waals surface area contributed by atoms with Crippen molar-refractivity contribution in [2.45, 2.75) is 0 Å². The van der Waals surface area contributed by atoms with Gasteiger partial charge in [0.15, 0.2) is 4.67 Å². The summed E-state index contributed by atoms with van der Waals surface area (Å²) in [6.07, 6.45) is 2.73. The van der Waals surface area contributed by atoms with E-state index in [2.05, 4.69) is 20.9 Å². The third-order valence-electron chi connectivity index (χ3n) is 1.61. The molecule has 14 heavy (non-hydrogen) atoms. The van der Waals surface area contributed by atoms with Gasteiger partial charge in [0.1, 0.15) is 5.58 Å². The summed E-state index contributed by atoms with van der Waals surface area (Å²) < 4.78 is 5.59. The summed E-state index contributed by atoms with van der Waals surface area (Å²) in [5.74, 6) is -1.29. The molecule has 6 heteroatoms. The normalized spacial score (nSPS) is 9.79. The maximum absolute atomic E-state index is 10.6. The molecule has 2 heterocycles. The molecule has 2 rings (SSSR count). The molecule has 0 saturated heterocycles. The SMILES string of the molecule is O=C([O-])c1cncc2cc(Br)oc12.[Li+]. The zero-order valence-corrected chi connectivity index (χ0v) is 8.87. The predicted molar refractivity (Wildman–Crippen MR) is 46.0 cm³/mol. The zero-order chi connectivity index (χ0) is 9.42. The van der Waals surface area contributed by atoms with E-state index in [1.165, 1.54) is 12.4 Å². The summed E-state index contributed by atoms with van der Waals surface area (Å²) in [5, 5.41) is 11.2. The summed E-state index contributed by atoms with van der Waals surface area (Å²) in [6.45, 7) is 0. The summed E-state index contributed by atoms with van der Waals surface area (Å²) in [4.78, 5) is 14.3. The van der Waals surface area contributed by atoms with Crippen LogP contribution in [0.3, 0.4) is 0 Å². The number of carbonyl (C=O) groups excluding carboxylic acids is 1. The summed E-state index contributed by atoms with van der Waals surface area (Å²) in [5.41, 5.74) is 0.241. The standard InChI is InChI=1S/C8H4BrNO3.Li/c9-6-1-4-2-10-3-5(8(11)12)7(4)13-6;/h1-3H,(H,11,12);/q;+1/p-1. The van der Waals surface area contributed by atoms with Gasteiger partial charge >= 0.3 is 18.9 Å². The largest absolute Gasteiger partial charge is 1.00 e. The second-order valence-corrected chi connectivity index (χ2v) is 3.22. The number of carboxylic acids is 1. The van der Waals surface area contributed by atoms with E-state index < -0.39 is 5.97 Å². The molecule has 0 fully saturated rings. The Hall–Kier alpha value is -0.763. The van der Waals surface area contributed by atoms with Crippen LogP contribution in [0, 0.1) is 0 Å². The van der Waals surface area contributed by atoms with Crippen LogP contribution in [0.5, 0.6) is 0 Å². The number of pyridine rings is 1. The second-order valence-electron chi connectivity index (χ2n) is 2.44. The van der Waals surface area contributed by atoms with Gasteiger partial charge in [0.05, 0.1) is 11.5 Å². The van der Waals surface area contributed by atoms with E-state index in [0.29, 0.717) is 10.1 Å². The number of fused-ring (bicyclic) bond motifs is 1. The number of furan rings is 1. The molecule has 0 aliphatic heterocycles. The van der Waals surface area contributed by atoms with Gasteiger partial charge in [0.2, 0.25) is 0 Å². The quantitative estimate of drug-likeness (QED) is 0.545. The molecule has 0 amide bonds. The molecule has 0 unspecified atom stereocenters. The van der Waals surface area contributed by atoms with Gasteiger partial charge in [-0.3, -0.25) is 4.98 Å². The molecule has 0 aromatic carbocycles. The number of carboxylic acid groups (broad SMARTS) is 1. The predicted octanol–water partition coefficient (Wildman–Crippen LogP) is -2.04. The van der Waals surface area contributed by atoms with Crippen LogP contribution < -0.4 is 24.0 Å². The van der Waals surface area contributed by atoms with E-state index in [0.717, 1.165) is 0 Å². The molecule has 4 nitrogen and oxygen atoms in total. The van der Waals surface area contributed by atoms with E-state index in [-0.39, 0.29) is 30.0 Å². The maximum atomic E-state index is 10.6. The van der Waals surface area contributed by atoms with Crippen molar-refractivity contribution in [1.82, 2.24) is 4.98 Å². The van der Waals surface area contributed by atoms with E-state index in [1.807, 2.05) is 0 Å². The van der Waals surface area contributed by atoms with Crippen molar-refractivity contribution >= 4 is 32.9 Å². The van der Waals surface area contributed by atoms with Gasteiger partial charge in [-0.2, -0.15) is 0 Å². The van der Waals surface area contributed by atoms with Gasteiger partial charge in [-0.15, -0.1) is 0 Å². The Labute approximate surface area is 99.6 Å². The topological polar surface area (TPSA) is 66.2 Å². The first-order chi connectivity index (χ1) is 6.18. The number of aromatic nitrogens is 1. The van der Waals surface area contributed by atoms with Gasteiger partial charge in [0.25, 0.3) is 0 Å². The average Bonchev–Trinajstić information content (AvgIpc) is 2.43. The van der Waals surface area contributed by atoms with Gasteiger partial charge in [-0.1, -0.05) is 0 Å². The first kappa shape index (κ1) is 11.3. The maximum Gasteiger partial charge on any atom is 1.00 e. The number of hydrogen-bond donors (Lipinski definition) is 0. The fourth-order valence-corrected chi connectivity index (χ4v) is 1.48. The van der Waals surface area contributed by atoms with Crippen molar-refractivity contribution in [3.05, 3.63) is 28.7 Å². The minimum Gasteiger partial charge on any atom is -0.545 e. The van der Waals surface area contributed by atoms with E-state index in [4.69, 9.17) is 4.42 Å². The van der Waals surface area contributed by atoms with Gasteiger partial charge in [0, 0.05) is 23.8 Å². The molecule has 0 spiro atoms. The monoisotopic (exact) mass is 247 g/mol. The molecule has 0 radical (unpaired) electrons. The Bertz CT molecular complexity index is 482. The first-order valence-electron chi connectivity index (χ1n) is 3.43. The summed E-state index contributed by atoms with van der Waals surface area (Å²) in [7, 11) is 0. The Morgan fingerprint density at radius 1 is 1.50 bits per heavy atom. The minimum atomic E-state index is -1.29. The van der Waals surface area contributed by atoms with Crippen LogP contribution >= 0.6 is 15.9 Å². The number of aromatic carboxylic acids is 1. The van der Waals surface area contributed by atoms with Crippen molar-refractivity contribution in [2.24, 2.45) is 0 Å². The van der Waals surface area contributed by atoms with Crippen molar-refractivity contribution in [1.29, 1.82) is 0 Å². The zero-order valence-electron chi connectivity index (χ0n) is 7.28. The summed E-state index contributed by atoms with van der Waals surface area (Å²) in [6, 6.07) is 1.65. The molecular weight excluding hydrogens is 245 g/mol. The molecule has 0 aliphatic rings. The van der Waals surface area contributed by atoms with Crippen LogP contribution in [0.4, 0.5) is 0 Å². The number of nitrogens with zero attached hydrogens (tertiary/aromatic N) is 1. The van der Waals surface area contributed by atoms with Crippen molar-refractivity contribution in [3.8, 4) is 0 Å². The average molecular weight is 248 g/mol. The van der Waals surface area contributed by atoms with Crippen LogP contribution in [-0.4, -0.2) is 11.0 Å². The number of hydrogen-bond acceptors (Lipinski definition) is 4. The van der Waals surface area contributed by atoms with Crippen molar-refractivity contribution < 1.29 is 33.2 Å². The third-order valence-corrected chi connectivity index (χ3v) is 2.00. The van der Waals surface area contributed by atoms with Crippen molar-refractivity contribution in [2.75, 3.05) is 0 Å². The van der Waals surface area contributed by atoms with Crippen LogP contribution in [0.1, 0.15) is 10.4 Å². The molecule has 0 atom stereocenters. The van der Waals surface area contributed by atoms with E-state index >= 15 is 0 Å². The van der Waals surface area contributed by atoms with Crippen LogP contribution in [0.25, 0.3) is 11.0 Å². The van der Waals surface area contributed by atoms with Gasteiger partial charge in [-0.25, -0.2) is 0 Å². The summed E-state index contributed by atoms with van der Waals surface area (Å²) >= 11 is 3.10. The van der Waals surface area contributed by atoms with Crippen LogP contribution in [0.15, 0.2) is 27.5 Å². The van der Waals surface area contributed by atoms with Crippen LogP contribution in [0.2, 0.25) is 0 Å². The molecule has 0 bridgehead atoms. The molecule has 0 aliphatic carbocycles. The first-order valence-corrected chi connectivity index (χ1v) is 4.22. The van der Waals surface area contributed by atoms with Gasteiger partial charge in [-0.05, 0) is 15.9 Å². The Morgan fingerprint density at radius 2 is 2.21 bits per heavy atom. The van der Waals surface area contributed by atoms with Crippen molar-refractivity contribution in [3.63, 3.8) is 0 Å². The van der Waals surface area contributed by atoms with E-state index in [1.54, 1.807) is 6.07 Å². The van der Waals surface area contributed by atoms with Gasteiger partial charge < -0.3 is 14.3 Å². The Morgan fingerprint density at radius 3 is 2.86 bits per heavy atom. The Balaban J connectivity index is 0.000000980.